The monoisotopic (exact) mass is 321 g/mol. The predicted molar refractivity (Wildman–Crippen MR) is 73.4 cm³/mol. The summed E-state index contributed by atoms with van der Waals surface area (Å²) in [6.07, 6.45) is -0.140. The molecule has 1 saturated carbocycles. The molecule has 1 fully saturated rings. The van der Waals surface area contributed by atoms with Crippen molar-refractivity contribution < 1.29 is 21.6 Å². The van der Waals surface area contributed by atoms with Crippen LogP contribution in [0.3, 0.4) is 0 Å². The van der Waals surface area contributed by atoms with Crippen molar-refractivity contribution in [3.8, 4) is 0 Å². The molecule has 0 radical (unpaired) electrons. The van der Waals surface area contributed by atoms with E-state index < -0.39 is 21.8 Å². The summed E-state index contributed by atoms with van der Waals surface area (Å²) < 4.78 is 65.8. The largest absolute Gasteiger partial charge is 0.416 e. The van der Waals surface area contributed by atoms with Crippen molar-refractivity contribution in [1.82, 2.24) is 4.72 Å². The summed E-state index contributed by atoms with van der Waals surface area (Å²) >= 11 is 0. The van der Waals surface area contributed by atoms with Crippen LogP contribution < -0.4 is 4.72 Å². The summed E-state index contributed by atoms with van der Waals surface area (Å²) in [5, 5.41) is 0. The first-order valence-corrected chi connectivity index (χ1v) is 8.39. The Kier molecular flexibility index (Phi) is 4.63. The van der Waals surface area contributed by atoms with E-state index in [1.54, 1.807) is 0 Å². The van der Waals surface area contributed by atoms with E-state index in [1.807, 2.05) is 0 Å². The van der Waals surface area contributed by atoms with Gasteiger partial charge in [0, 0.05) is 6.04 Å². The second kappa shape index (κ2) is 5.96. The second-order valence-corrected chi connectivity index (χ2v) is 7.07. The molecule has 1 aliphatic carbocycles. The molecule has 0 unspecified atom stereocenters. The van der Waals surface area contributed by atoms with Crippen LogP contribution >= 0.6 is 0 Å². The molecular formula is C14H18F3NO2S. The van der Waals surface area contributed by atoms with E-state index in [4.69, 9.17) is 0 Å². The minimum Gasteiger partial charge on any atom is -0.208 e. The molecule has 21 heavy (non-hydrogen) atoms. The zero-order valence-electron chi connectivity index (χ0n) is 11.7. The summed E-state index contributed by atoms with van der Waals surface area (Å²) in [5.74, 6) is 0. The number of halogens is 3. The lowest BCUT2D eigenvalue weighted by atomic mass is 9.96. The topological polar surface area (TPSA) is 46.2 Å². The van der Waals surface area contributed by atoms with Crippen molar-refractivity contribution in [3.05, 3.63) is 29.3 Å². The first kappa shape index (κ1) is 16.3. The zero-order valence-corrected chi connectivity index (χ0v) is 12.5. The molecule has 3 nitrogen and oxygen atoms in total. The maximum Gasteiger partial charge on any atom is 0.416 e. The van der Waals surface area contributed by atoms with Crippen LogP contribution in [0.15, 0.2) is 23.1 Å². The number of hydrogen-bond donors (Lipinski definition) is 1. The minimum absolute atomic E-state index is 0.183. The number of sulfonamides is 1. The molecule has 1 aliphatic rings. The van der Waals surface area contributed by atoms with E-state index >= 15 is 0 Å². The molecule has 0 atom stereocenters. The zero-order chi connectivity index (χ0) is 15.7. The summed E-state index contributed by atoms with van der Waals surface area (Å²) in [4.78, 5) is -0.289. The van der Waals surface area contributed by atoms with Crippen molar-refractivity contribution in [3.63, 3.8) is 0 Å². The van der Waals surface area contributed by atoms with Gasteiger partial charge < -0.3 is 0 Å². The van der Waals surface area contributed by atoms with Crippen LogP contribution in [-0.2, 0) is 16.2 Å². The Balaban J connectivity index is 2.32. The second-order valence-electron chi connectivity index (χ2n) is 5.38. The van der Waals surface area contributed by atoms with E-state index in [9.17, 15) is 21.6 Å². The average Bonchev–Trinajstić information content (AvgIpc) is 2.38. The molecule has 0 spiro atoms. The van der Waals surface area contributed by atoms with Gasteiger partial charge in [0.1, 0.15) is 0 Å². The highest BCUT2D eigenvalue weighted by atomic mass is 32.2. The van der Waals surface area contributed by atoms with Gasteiger partial charge in [-0.1, -0.05) is 25.3 Å². The number of alkyl halides is 3. The van der Waals surface area contributed by atoms with Crippen LogP contribution in [0.5, 0.6) is 0 Å². The van der Waals surface area contributed by atoms with Crippen LogP contribution in [0.2, 0.25) is 0 Å². The van der Waals surface area contributed by atoms with Gasteiger partial charge in [-0.05, 0) is 37.5 Å². The van der Waals surface area contributed by atoms with Crippen LogP contribution in [0.4, 0.5) is 13.2 Å². The Morgan fingerprint density at radius 1 is 1.14 bits per heavy atom. The first-order valence-electron chi connectivity index (χ1n) is 6.91. The van der Waals surface area contributed by atoms with E-state index in [0.717, 1.165) is 44.2 Å². The fourth-order valence-corrected chi connectivity index (χ4v) is 4.29. The molecule has 2 rings (SSSR count). The SMILES string of the molecule is Cc1c(C(F)(F)F)cccc1S(=O)(=O)NC1CCCCC1. The van der Waals surface area contributed by atoms with Gasteiger partial charge >= 0.3 is 6.18 Å². The number of nitrogens with one attached hydrogen (secondary N) is 1. The van der Waals surface area contributed by atoms with Crippen molar-refractivity contribution in [2.45, 2.75) is 56.1 Å². The third-order valence-electron chi connectivity index (χ3n) is 3.81. The van der Waals surface area contributed by atoms with Crippen LogP contribution in [0.25, 0.3) is 0 Å². The van der Waals surface area contributed by atoms with Gasteiger partial charge in [-0.25, -0.2) is 13.1 Å². The quantitative estimate of drug-likeness (QED) is 0.924. The van der Waals surface area contributed by atoms with Crippen LogP contribution in [0.1, 0.15) is 43.2 Å². The molecule has 0 amide bonds. The summed E-state index contributed by atoms with van der Waals surface area (Å²) in [7, 11) is -3.92. The number of benzene rings is 1. The lowest BCUT2D eigenvalue weighted by Crippen LogP contribution is -2.36. The smallest absolute Gasteiger partial charge is 0.208 e. The van der Waals surface area contributed by atoms with Gasteiger partial charge in [0.25, 0.3) is 0 Å². The third-order valence-corrected chi connectivity index (χ3v) is 5.47. The van der Waals surface area contributed by atoms with Crippen molar-refractivity contribution >= 4 is 10.0 Å². The van der Waals surface area contributed by atoms with E-state index in [-0.39, 0.29) is 16.5 Å². The molecule has 0 aliphatic heterocycles. The standard InChI is InChI=1S/C14H18F3NO2S/c1-10-12(14(15,16)17)8-5-9-13(10)21(19,20)18-11-6-3-2-4-7-11/h5,8-9,11,18H,2-4,6-7H2,1H3. The first-order chi connectivity index (χ1) is 9.72. The summed E-state index contributed by atoms with van der Waals surface area (Å²) in [6, 6.07) is 3.06. The number of rotatable bonds is 3. The highest BCUT2D eigenvalue weighted by Crippen LogP contribution is 2.34. The van der Waals surface area contributed by atoms with Crippen LogP contribution in [-0.4, -0.2) is 14.5 Å². The fraction of sp³-hybridized carbons (Fsp3) is 0.571. The Morgan fingerprint density at radius 2 is 1.76 bits per heavy atom. The normalized spacial score (nSPS) is 17.9. The van der Waals surface area contributed by atoms with Gasteiger partial charge in [-0.2, -0.15) is 13.2 Å². The van der Waals surface area contributed by atoms with E-state index in [2.05, 4.69) is 4.72 Å². The fourth-order valence-electron chi connectivity index (χ4n) is 2.72. The van der Waals surface area contributed by atoms with E-state index in [0.29, 0.717) is 0 Å². The van der Waals surface area contributed by atoms with Crippen molar-refractivity contribution in [1.29, 1.82) is 0 Å². The highest BCUT2D eigenvalue weighted by molar-refractivity contribution is 7.89. The van der Waals surface area contributed by atoms with Gasteiger partial charge in [0.05, 0.1) is 10.5 Å². The lowest BCUT2D eigenvalue weighted by molar-refractivity contribution is -0.138. The van der Waals surface area contributed by atoms with E-state index in [1.165, 1.54) is 13.0 Å². The molecule has 1 N–H and O–H groups in total. The minimum atomic E-state index is -4.56. The highest BCUT2D eigenvalue weighted by Gasteiger charge is 2.35. The average molecular weight is 321 g/mol. The van der Waals surface area contributed by atoms with Gasteiger partial charge in [-0.15, -0.1) is 0 Å². The molecule has 1 aromatic rings. The maximum atomic E-state index is 12.9. The summed E-state index contributed by atoms with van der Waals surface area (Å²) in [6.45, 7) is 1.19. The van der Waals surface area contributed by atoms with Crippen molar-refractivity contribution in [2.75, 3.05) is 0 Å². The Hall–Kier alpha value is -1.08. The Labute approximate surface area is 122 Å². The molecule has 0 saturated heterocycles. The molecule has 7 heteroatoms. The Bertz CT molecular complexity index is 605. The molecule has 0 heterocycles. The molecular weight excluding hydrogens is 303 g/mol. The molecule has 118 valence electrons. The van der Waals surface area contributed by atoms with Gasteiger partial charge in [0.2, 0.25) is 10.0 Å². The molecule has 0 bridgehead atoms. The maximum absolute atomic E-state index is 12.9. The third kappa shape index (κ3) is 3.77. The lowest BCUT2D eigenvalue weighted by Gasteiger charge is -2.23. The van der Waals surface area contributed by atoms with Gasteiger partial charge in [0.15, 0.2) is 0 Å². The predicted octanol–water partition coefficient (Wildman–Crippen LogP) is 3.62. The molecule has 1 aromatic carbocycles. The van der Waals surface area contributed by atoms with Crippen LogP contribution in [0, 0.1) is 6.92 Å². The summed E-state index contributed by atoms with van der Waals surface area (Å²) in [5.41, 5.74) is -1.16. The Morgan fingerprint density at radius 3 is 2.33 bits per heavy atom. The molecule has 0 aromatic heterocycles. The van der Waals surface area contributed by atoms with Gasteiger partial charge in [-0.3, -0.25) is 0 Å². The van der Waals surface area contributed by atoms with Crippen molar-refractivity contribution in [2.24, 2.45) is 0 Å². The number of hydrogen-bond acceptors (Lipinski definition) is 2.